The fourth-order valence-corrected chi connectivity index (χ4v) is 4.85. The lowest BCUT2D eigenvalue weighted by molar-refractivity contribution is 0.437. The molecule has 0 bridgehead atoms. The molecule has 3 heterocycles. The third-order valence-corrected chi connectivity index (χ3v) is 6.01. The van der Waals surface area contributed by atoms with E-state index in [4.69, 9.17) is 10.3 Å². The van der Waals surface area contributed by atoms with E-state index in [9.17, 15) is 0 Å². The van der Waals surface area contributed by atoms with E-state index < -0.39 is 0 Å². The Kier molecular flexibility index (Phi) is 3.10. The molecular weight excluding hydrogens is 368 g/mol. The lowest BCUT2D eigenvalue weighted by atomic mass is 10.1. The van der Waals surface area contributed by atoms with E-state index in [-0.39, 0.29) is 0 Å². The molecule has 0 amide bonds. The van der Waals surface area contributed by atoms with Crippen LogP contribution in [-0.2, 0) is 0 Å². The number of benzene rings is 1. The molecule has 1 aromatic carbocycles. The molecule has 0 unspecified atom stereocenters. The van der Waals surface area contributed by atoms with E-state index in [2.05, 4.69) is 38.6 Å². The summed E-state index contributed by atoms with van der Waals surface area (Å²) in [6.45, 7) is 0. The predicted molar refractivity (Wildman–Crippen MR) is 92.7 cm³/mol. The number of thiophene rings is 2. The number of nitrogen functional groups attached to an aromatic ring is 1. The molecule has 2 N–H and O–H groups in total. The largest absolute Gasteiger partial charge is 0.380 e. The zero-order valence-electron chi connectivity index (χ0n) is 10.7. The summed E-state index contributed by atoms with van der Waals surface area (Å²) in [4.78, 5) is 1.05. The summed E-state index contributed by atoms with van der Waals surface area (Å²) in [7, 11) is 0. The Morgan fingerprint density at radius 1 is 1.14 bits per heavy atom. The van der Waals surface area contributed by atoms with Gasteiger partial charge in [-0.1, -0.05) is 39.3 Å². The second-order valence-electron chi connectivity index (χ2n) is 4.51. The Morgan fingerprint density at radius 2 is 2.00 bits per heavy atom. The highest BCUT2D eigenvalue weighted by Crippen LogP contribution is 2.44. The number of rotatable bonds is 2. The fraction of sp³-hybridized carbons (Fsp3) is 0. The lowest BCUT2D eigenvalue weighted by Crippen LogP contribution is -1.89. The molecule has 6 heteroatoms. The van der Waals surface area contributed by atoms with Crippen LogP contribution in [0.2, 0.25) is 0 Å². The van der Waals surface area contributed by atoms with Crippen molar-refractivity contribution >= 4 is 53.8 Å². The van der Waals surface area contributed by atoms with E-state index in [0.29, 0.717) is 5.82 Å². The van der Waals surface area contributed by atoms with Gasteiger partial charge in [-0.25, -0.2) is 0 Å². The number of nitrogens with two attached hydrogens (primary N) is 1. The average Bonchev–Trinajstić information content (AvgIpc) is 3.13. The van der Waals surface area contributed by atoms with Crippen molar-refractivity contribution in [3.8, 4) is 21.8 Å². The van der Waals surface area contributed by atoms with Gasteiger partial charge in [-0.2, -0.15) is 0 Å². The highest BCUT2D eigenvalue weighted by molar-refractivity contribution is 9.10. The van der Waals surface area contributed by atoms with Gasteiger partial charge in [0, 0.05) is 19.4 Å². The number of fused-ring (bicyclic) bond motifs is 1. The van der Waals surface area contributed by atoms with Gasteiger partial charge in [0.2, 0.25) is 0 Å². The van der Waals surface area contributed by atoms with Crippen LogP contribution in [-0.4, -0.2) is 5.16 Å². The first-order valence-corrected chi connectivity index (χ1v) is 8.70. The number of aromatic nitrogens is 1. The molecule has 0 fully saturated rings. The third-order valence-electron chi connectivity index (χ3n) is 3.22. The van der Waals surface area contributed by atoms with Crippen molar-refractivity contribution in [2.24, 2.45) is 0 Å². The summed E-state index contributed by atoms with van der Waals surface area (Å²) in [6, 6.07) is 12.2. The lowest BCUT2D eigenvalue weighted by Gasteiger charge is -2.03. The number of hydrogen-bond donors (Lipinski definition) is 1. The van der Waals surface area contributed by atoms with E-state index in [1.165, 1.54) is 9.40 Å². The summed E-state index contributed by atoms with van der Waals surface area (Å²) >= 11 is 6.98. The van der Waals surface area contributed by atoms with Gasteiger partial charge in [0.1, 0.15) is 0 Å². The van der Waals surface area contributed by atoms with E-state index >= 15 is 0 Å². The summed E-state index contributed by atoms with van der Waals surface area (Å²) in [5.74, 6) is 1.14. The molecule has 21 heavy (non-hydrogen) atoms. The van der Waals surface area contributed by atoms with Crippen molar-refractivity contribution in [3.63, 3.8) is 0 Å². The number of anilines is 1. The van der Waals surface area contributed by atoms with Gasteiger partial charge in [0.05, 0.1) is 10.4 Å². The van der Waals surface area contributed by atoms with Gasteiger partial charge in [0.25, 0.3) is 0 Å². The van der Waals surface area contributed by atoms with E-state index in [0.717, 1.165) is 26.2 Å². The van der Waals surface area contributed by atoms with Crippen LogP contribution in [0.3, 0.4) is 0 Å². The normalized spacial score (nSPS) is 11.3. The second-order valence-corrected chi connectivity index (χ2v) is 7.40. The number of halogens is 1. The Hall–Kier alpha value is -1.63. The molecule has 0 atom stereocenters. The Balaban J connectivity index is 1.95. The quantitative estimate of drug-likeness (QED) is 0.493. The SMILES string of the molecule is Nc1noc(-c2cc3sccc3s2)c1-c1ccccc1Br. The monoisotopic (exact) mass is 376 g/mol. The summed E-state index contributed by atoms with van der Waals surface area (Å²) < 4.78 is 8.99. The maximum absolute atomic E-state index is 6.03. The van der Waals surface area contributed by atoms with Crippen molar-refractivity contribution < 1.29 is 4.52 Å². The number of hydrogen-bond acceptors (Lipinski definition) is 5. The van der Waals surface area contributed by atoms with Crippen molar-refractivity contribution in [1.29, 1.82) is 0 Å². The van der Waals surface area contributed by atoms with Crippen molar-refractivity contribution in [2.45, 2.75) is 0 Å². The second kappa shape index (κ2) is 4.98. The van der Waals surface area contributed by atoms with Crippen molar-refractivity contribution in [2.75, 3.05) is 5.73 Å². The van der Waals surface area contributed by atoms with Crippen molar-refractivity contribution in [1.82, 2.24) is 5.16 Å². The molecule has 3 aromatic heterocycles. The van der Waals surface area contributed by atoms with Crippen LogP contribution in [0, 0.1) is 0 Å². The Bertz CT molecular complexity index is 910. The first kappa shape index (κ1) is 13.1. The van der Waals surface area contributed by atoms with Crippen LogP contribution >= 0.6 is 38.6 Å². The van der Waals surface area contributed by atoms with E-state index in [1.807, 2.05) is 24.3 Å². The minimum Gasteiger partial charge on any atom is -0.380 e. The third kappa shape index (κ3) is 2.10. The minimum absolute atomic E-state index is 0.411. The zero-order chi connectivity index (χ0) is 14.4. The maximum atomic E-state index is 6.03. The summed E-state index contributed by atoms with van der Waals surface area (Å²) in [6.07, 6.45) is 0. The molecule has 0 aliphatic rings. The van der Waals surface area contributed by atoms with Gasteiger partial charge >= 0.3 is 0 Å². The van der Waals surface area contributed by atoms with Gasteiger partial charge < -0.3 is 10.3 Å². The predicted octanol–water partition coefficient (Wildman–Crippen LogP) is 5.63. The molecule has 0 saturated heterocycles. The molecule has 0 spiro atoms. The van der Waals surface area contributed by atoms with Gasteiger partial charge in [-0.3, -0.25) is 0 Å². The van der Waals surface area contributed by atoms with E-state index in [1.54, 1.807) is 22.7 Å². The van der Waals surface area contributed by atoms with Crippen LogP contribution in [0.15, 0.2) is 50.8 Å². The Morgan fingerprint density at radius 3 is 2.81 bits per heavy atom. The number of nitrogens with zero attached hydrogens (tertiary/aromatic N) is 1. The maximum Gasteiger partial charge on any atom is 0.186 e. The highest BCUT2D eigenvalue weighted by Gasteiger charge is 2.21. The molecule has 4 aromatic rings. The minimum atomic E-state index is 0.411. The van der Waals surface area contributed by atoms with Crippen LogP contribution in [0.25, 0.3) is 31.2 Å². The molecule has 3 nitrogen and oxygen atoms in total. The molecule has 0 aliphatic carbocycles. The molecule has 0 radical (unpaired) electrons. The summed E-state index contributed by atoms with van der Waals surface area (Å²) in [5, 5.41) is 6.05. The van der Waals surface area contributed by atoms with Crippen LogP contribution < -0.4 is 5.73 Å². The average molecular weight is 377 g/mol. The zero-order valence-corrected chi connectivity index (χ0v) is 13.9. The smallest absolute Gasteiger partial charge is 0.186 e. The highest BCUT2D eigenvalue weighted by atomic mass is 79.9. The van der Waals surface area contributed by atoms with Gasteiger partial charge in [-0.15, -0.1) is 22.7 Å². The van der Waals surface area contributed by atoms with Crippen LogP contribution in [0.4, 0.5) is 5.82 Å². The first-order chi connectivity index (χ1) is 10.2. The fourth-order valence-electron chi connectivity index (χ4n) is 2.27. The first-order valence-electron chi connectivity index (χ1n) is 6.21. The molecule has 104 valence electrons. The summed E-state index contributed by atoms with van der Waals surface area (Å²) in [5.41, 5.74) is 7.86. The van der Waals surface area contributed by atoms with Crippen molar-refractivity contribution in [3.05, 3.63) is 46.3 Å². The van der Waals surface area contributed by atoms with Gasteiger partial charge in [0.15, 0.2) is 11.6 Å². The molecule has 0 aliphatic heterocycles. The molecular formula is C15H9BrN2OS2. The topological polar surface area (TPSA) is 52.0 Å². The van der Waals surface area contributed by atoms with Crippen LogP contribution in [0.1, 0.15) is 0 Å². The van der Waals surface area contributed by atoms with Crippen LogP contribution in [0.5, 0.6) is 0 Å². The van der Waals surface area contributed by atoms with Gasteiger partial charge in [-0.05, 0) is 23.6 Å². The standard InChI is InChI=1S/C15H9BrN2OS2/c16-9-4-2-1-3-8(9)13-14(19-18-15(13)17)12-7-11-10(21-12)5-6-20-11/h1-7H,(H2,17,18). The molecule has 4 rings (SSSR count). The Labute approximate surface area is 137 Å². The molecule has 0 saturated carbocycles.